The Morgan fingerprint density at radius 3 is 2.75 bits per heavy atom. The first-order chi connectivity index (χ1) is 13.2. The first-order valence-electron chi connectivity index (χ1n) is 9.46. The monoisotopic (exact) mass is 422 g/mol. The maximum Gasteiger partial charge on any atom is 0.283 e. The Kier molecular flexibility index (Phi) is 6.32. The number of nitrogens with zero attached hydrogens (tertiary/aromatic N) is 2. The van der Waals surface area contributed by atoms with E-state index in [1.54, 1.807) is 18.2 Å². The highest BCUT2D eigenvalue weighted by Crippen LogP contribution is 2.27. The predicted molar refractivity (Wildman–Crippen MR) is 112 cm³/mol. The molecule has 2 atom stereocenters. The van der Waals surface area contributed by atoms with Crippen LogP contribution in [-0.2, 0) is 16.7 Å². The van der Waals surface area contributed by atoms with Gasteiger partial charge < -0.3 is 14.0 Å². The first kappa shape index (κ1) is 21.1. The Balaban J connectivity index is 2.00. The van der Waals surface area contributed by atoms with Crippen molar-refractivity contribution in [1.82, 2.24) is 4.57 Å². The van der Waals surface area contributed by atoms with Crippen molar-refractivity contribution < 1.29 is 14.3 Å². The van der Waals surface area contributed by atoms with Crippen LogP contribution >= 0.6 is 22.9 Å². The van der Waals surface area contributed by atoms with Gasteiger partial charge in [-0.1, -0.05) is 32.4 Å². The smallest absolute Gasteiger partial charge is 0.283 e. The van der Waals surface area contributed by atoms with Gasteiger partial charge in [0, 0.05) is 16.1 Å². The van der Waals surface area contributed by atoms with E-state index < -0.39 is 0 Å². The Bertz CT molecular complexity index is 926. The zero-order valence-electron chi connectivity index (χ0n) is 17.0. The number of ether oxygens (including phenoxy) is 2. The second kappa shape index (κ2) is 8.39. The van der Waals surface area contributed by atoms with Gasteiger partial charge >= 0.3 is 0 Å². The van der Waals surface area contributed by atoms with E-state index in [1.165, 1.54) is 23.3 Å². The molecule has 0 aliphatic carbocycles. The molecule has 1 aliphatic rings. The lowest BCUT2D eigenvalue weighted by atomic mass is 9.95. The maximum absolute atomic E-state index is 12.9. The van der Waals surface area contributed by atoms with Crippen LogP contribution in [0.1, 0.15) is 55.8 Å². The van der Waals surface area contributed by atoms with Gasteiger partial charge in [-0.2, -0.15) is 4.99 Å². The highest BCUT2D eigenvalue weighted by atomic mass is 35.5. The van der Waals surface area contributed by atoms with Crippen molar-refractivity contribution in [2.45, 2.75) is 64.7 Å². The van der Waals surface area contributed by atoms with Crippen LogP contribution in [0.25, 0.3) is 0 Å². The molecule has 1 aromatic heterocycles. The molecule has 2 aromatic rings. The summed E-state index contributed by atoms with van der Waals surface area (Å²) < 4.78 is 13.3. The van der Waals surface area contributed by atoms with Crippen molar-refractivity contribution in [2.24, 2.45) is 4.99 Å². The minimum atomic E-state index is -0.365. The van der Waals surface area contributed by atoms with E-state index in [2.05, 4.69) is 38.9 Å². The molecule has 0 bridgehead atoms. The number of thiazole rings is 1. The molecule has 2 heterocycles. The van der Waals surface area contributed by atoms with Crippen molar-refractivity contribution in [3.8, 4) is 5.75 Å². The lowest BCUT2D eigenvalue weighted by Gasteiger charge is -2.15. The Morgan fingerprint density at radius 1 is 1.39 bits per heavy atom. The molecular weight excluding hydrogens is 396 g/mol. The number of rotatable bonds is 4. The second-order valence-corrected chi connectivity index (χ2v) is 9.63. The van der Waals surface area contributed by atoms with Crippen LogP contribution < -0.4 is 9.54 Å². The van der Waals surface area contributed by atoms with Crippen LogP contribution in [0.2, 0.25) is 5.02 Å². The van der Waals surface area contributed by atoms with Gasteiger partial charge in [0.15, 0.2) is 4.80 Å². The zero-order chi connectivity index (χ0) is 20.5. The van der Waals surface area contributed by atoms with Crippen LogP contribution in [0.4, 0.5) is 0 Å². The van der Waals surface area contributed by atoms with E-state index in [0.29, 0.717) is 27.7 Å². The SMILES string of the molecule is COc1ccc(Cl)cc1C(=O)N=c1sc(C(C)(C)C)cn1CC1CCC(C)O1. The Morgan fingerprint density at radius 2 is 2.14 bits per heavy atom. The molecule has 0 spiro atoms. The van der Waals surface area contributed by atoms with Crippen molar-refractivity contribution in [1.29, 1.82) is 0 Å². The number of benzene rings is 1. The molecule has 152 valence electrons. The van der Waals surface area contributed by atoms with Crippen LogP contribution in [0.3, 0.4) is 0 Å². The lowest BCUT2D eigenvalue weighted by molar-refractivity contribution is 0.0452. The number of hydrogen-bond acceptors (Lipinski definition) is 4. The highest BCUT2D eigenvalue weighted by Gasteiger charge is 2.24. The normalized spacial score (nSPS) is 20.6. The van der Waals surface area contributed by atoms with Gasteiger partial charge in [0.2, 0.25) is 0 Å². The van der Waals surface area contributed by atoms with Crippen molar-refractivity contribution >= 4 is 28.8 Å². The minimum absolute atomic E-state index is 0.0270. The number of carbonyl (C=O) groups excluding carboxylic acids is 1. The van der Waals surface area contributed by atoms with Gasteiger partial charge in [0.05, 0.1) is 31.4 Å². The molecule has 28 heavy (non-hydrogen) atoms. The number of methoxy groups -OCH3 is 1. The summed E-state index contributed by atoms with van der Waals surface area (Å²) in [6.45, 7) is 9.25. The molecule has 2 unspecified atom stereocenters. The molecular formula is C21H27ClN2O3S. The molecule has 5 nitrogen and oxygen atoms in total. The molecule has 0 saturated carbocycles. The standard InChI is InChI=1S/C21H27ClN2O3S/c1-13-6-8-15(27-13)11-24-12-18(21(2,3)4)28-20(24)23-19(25)16-10-14(22)7-9-17(16)26-5/h7,9-10,12-13,15H,6,8,11H2,1-5H3. The average Bonchev–Trinajstić information content (AvgIpc) is 3.21. The summed E-state index contributed by atoms with van der Waals surface area (Å²) in [7, 11) is 1.53. The molecule has 0 radical (unpaired) electrons. The van der Waals surface area contributed by atoms with Crippen LogP contribution in [0, 0.1) is 0 Å². The van der Waals surface area contributed by atoms with Crippen LogP contribution in [-0.4, -0.2) is 29.8 Å². The second-order valence-electron chi connectivity index (χ2n) is 8.19. The maximum atomic E-state index is 12.9. The number of aromatic nitrogens is 1. The number of carbonyl (C=O) groups is 1. The molecule has 1 saturated heterocycles. The third-order valence-electron chi connectivity index (χ3n) is 4.77. The van der Waals surface area contributed by atoms with Gasteiger partial charge in [0.25, 0.3) is 5.91 Å². The third kappa shape index (κ3) is 4.85. The van der Waals surface area contributed by atoms with Gasteiger partial charge in [-0.25, -0.2) is 0 Å². The van der Waals surface area contributed by atoms with Gasteiger partial charge in [-0.15, -0.1) is 11.3 Å². The number of amides is 1. The molecule has 1 aliphatic heterocycles. The largest absolute Gasteiger partial charge is 0.496 e. The highest BCUT2D eigenvalue weighted by molar-refractivity contribution is 7.09. The Hall–Kier alpha value is -1.63. The summed E-state index contributed by atoms with van der Waals surface area (Å²) in [6, 6.07) is 4.97. The van der Waals surface area contributed by atoms with Gasteiger partial charge in [-0.3, -0.25) is 4.79 Å². The summed E-state index contributed by atoms with van der Waals surface area (Å²) in [5.41, 5.74) is 0.332. The summed E-state index contributed by atoms with van der Waals surface area (Å²) in [6.07, 6.45) is 4.60. The van der Waals surface area contributed by atoms with E-state index in [1.807, 2.05) is 4.57 Å². The zero-order valence-corrected chi connectivity index (χ0v) is 18.6. The van der Waals surface area contributed by atoms with Crippen molar-refractivity contribution in [3.63, 3.8) is 0 Å². The predicted octanol–water partition coefficient (Wildman–Crippen LogP) is 4.82. The molecule has 7 heteroatoms. The van der Waals surface area contributed by atoms with Crippen LogP contribution in [0.5, 0.6) is 5.75 Å². The quantitative estimate of drug-likeness (QED) is 0.709. The van der Waals surface area contributed by atoms with E-state index in [-0.39, 0.29) is 23.5 Å². The Labute approximate surface area is 175 Å². The van der Waals surface area contributed by atoms with Crippen molar-refractivity contribution in [2.75, 3.05) is 7.11 Å². The number of hydrogen-bond donors (Lipinski definition) is 0. The summed E-state index contributed by atoms with van der Waals surface area (Å²) in [4.78, 5) is 19.2. The number of halogens is 1. The van der Waals surface area contributed by atoms with Gasteiger partial charge in [-0.05, 0) is 43.4 Å². The molecule has 1 fully saturated rings. The third-order valence-corrected chi connectivity index (χ3v) is 6.45. The van der Waals surface area contributed by atoms with E-state index in [4.69, 9.17) is 21.1 Å². The fourth-order valence-corrected chi connectivity index (χ4v) is 4.41. The summed E-state index contributed by atoms with van der Waals surface area (Å²) >= 11 is 7.61. The van der Waals surface area contributed by atoms with Crippen LogP contribution in [0.15, 0.2) is 29.4 Å². The molecule has 1 aromatic carbocycles. The molecule has 1 amide bonds. The van der Waals surface area contributed by atoms with E-state index in [9.17, 15) is 4.79 Å². The molecule has 3 rings (SSSR count). The van der Waals surface area contributed by atoms with Crippen molar-refractivity contribution in [3.05, 3.63) is 44.7 Å². The van der Waals surface area contributed by atoms with E-state index >= 15 is 0 Å². The average molecular weight is 423 g/mol. The minimum Gasteiger partial charge on any atom is -0.496 e. The fraction of sp³-hybridized carbons (Fsp3) is 0.524. The van der Waals surface area contributed by atoms with Gasteiger partial charge in [0.1, 0.15) is 5.75 Å². The summed E-state index contributed by atoms with van der Waals surface area (Å²) in [5, 5.41) is 0.474. The van der Waals surface area contributed by atoms with E-state index in [0.717, 1.165) is 12.8 Å². The topological polar surface area (TPSA) is 52.8 Å². The molecule has 0 N–H and O–H groups in total. The first-order valence-corrected chi connectivity index (χ1v) is 10.7. The lowest BCUT2D eigenvalue weighted by Crippen LogP contribution is -2.24. The summed E-state index contributed by atoms with van der Waals surface area (Å²) in [5.74, 6) is 0.0985. The fourth-order valence-electron chi connectivity index (χ4n) is 3.18.